The summed E-state index contributed by atoms with van der Waals surface area (Å²) >= 11 is 0. The molecule has 0 aliphatic heterocycles. The van der Waals surface area contributed by atoms with E-state index in [-0.39, 0.29) is 11.7 Å². The number of hydrogen-bond donors (Lipinski definition) is 1. The highest BCUT2D eigenvalue weighted by Crippen LogP contribution is 2.47. The molecule has 120 valence electrons. The van der Waals surface area contributed by atoms with E-state index in [9.17, 15) is 9.18 Å². The van der Waals surface area contributed by atoms with Crippen LogP contribution in [0.3, 0.4) is 0 Å². The minimum absolute atomic E-state index is 0.0116. The summed E-state index contributed by atoms with van der Waals surface area (Å²) < 4.78 is 18.4. The zero-order chi connectivity index (χ0) is 16.3. The number of carbonyl (C=O) groups excluding carboxylic acids is 1. The van der Waals surface area contributed by atoms with Gasteiger partial charge in [0, 0.05) is 12.1 Å². The molecule has 1 amide bonds. The summed E-state index contributed by atoms with van der Waals surface area (Å²) in [5, 5.41) is 2.99. The molecule has 4 heteroatoms. The van der Waals surface area contributed by atoms with Crippen LogP contribution in [0.25, 0.3) is 0 Å². The van der Waals surface area contributed by atoms with Gasteiger partial charge in [-0.3, -0.25) is 4.79 Å². The van der Waals surface area contributed by atoms with Gasteiger partial charge in [0.2, 0.25) is 5.91 Å². The van der Waals surface area contributed by atoms with Crippen LogP contribution in [0.2, 0.25) is 0 Å². The highest BCUT2D eigenvalue weighted by Gasteiger charge is 2.47. The molecule has 0 bridgehead atoms. The highest BCUT2D eigenvalue weighted by atomic mass is 19.1. The Hall–Kier alpha value is -2.36. The summed E-state index contributed by atoms with van der Waals surface area (Å²) in [6.07, 6.45) is 2.67. The van der Waals surface area contributed by atoms with Gasteiger partial charge < -0.3 is 10.1 Å². The van der Waals surface area contributed by atoms with Crippen molar-refractivity contribution >= 4 is 5.91 Å². The molecule has 3 nitrogen and oxygen atoms in total. The van der Waals surface area contributed by atoms with Gasteiger partial charge in [-0.1, -0.05) is 36.8 Å². The molecule has 1 N–H and O–H groups in total. The van der Waals surface area contributed by atoms with Gasteiger partial charge in [0.1, 0.15) is 11.6 Å². The van der Waals surface area contributed by atoms with Gasteiger partial charge in [-0.05, 0) is 36.6 Å². The molecular formula is C19H20FNO2. The Morgan fingerprint density at radius 2 is 1.87 bits per heavy atom. The van der Waals surface area contributed by atoms with Crippen LogP contribution in [0.4, 0.5) is 4.39 Å². The van der Waals surface area contributed by atoms with Crippen molar-refractivity contribution in [3.8, 4) is 5.75 Å². The minimum atomic E-state index is -0.507. The smallest absolute Gasteiger partial charge is 0.231 e. The fraction of sp³-hybridized carbons (Fsp3) is 0.316. The molecule has 0 unspecified atom stereocenters. The molecule has 2 aromatic carbocycles. The van der Waals surface area contributed by atoms with Gasteiger partial charge >= 0.3 is 0 Å². The standard InChI is InChI=1S/C19H20FNO2/c1-23-17-6-3-2-5-16(17)19(11-4-12-19)18(22)21-13-14-7-9-15(20)10-8-14/h2-3,5-10H,4,11-13H2,1H3,(H,21,22). The second-order valence-corrected chi connectivity index (χ2v) is 5.95. The van der Waals surface area contributed by atoms with E-state index in [4.69, 9.17) is 4.74 Å². The number of halogens is 1. The zero-order valence-electron chi connectivity index (χ0n) is 13.1. The Morgan fingerprint density at radius 1 is 1.17 bits per heavy atom. The zero-order valence-corrected chi connectivity index (χ0v) is 13.1. The number of benzene rings is 2. The first-order chi connectivity index (χ1) is 11.2. The van der Waals surface area contributed by atoms with E-state index in [0.717, 1.165) is 36.1 Å². The van der Waals surface area contributed by atoms with Gasteiger partial charge in [0.05, 0.1) is 12.5 Å². The van der Waals surface area contributed by atoms with Crippen LogP contribution in [-0.4, -0.2) is 13.0 Å². The number of amides is 1. The Bertz CT molecular complexity index is 693. The first-order valence-corrected chi connectivity index (χ1v) is 7.82. The van der Waals surface area contributed by atoms with Crippen LogP contribution >= 0.6 is 0 Å². The summed E-state index contributed by atoms with van der Waals surface area (Å²) in [6, 6.07) is 13.9. The molecule has 1 saturated carbocycles. The third kappa shape index (κ3) is 2.93. The third-order valence-corrected chi connectivity index (χ3v) is 4.63. The van der Waals surface area contributed by atoms with Crippen LogP contribution in [0.5, 0.6) is 5.75 Å². The number of carbonyl (C=O) groups is 1. The Balaban J connectivity index is 1.77. The van der Waals surface area contributed by atoms with E-state index >= 15 is 0 Å². The van der Waals surface area contributed by atoms with Crippen LogP contribution < -0.4 is 10.1 Å². The van der Waals surface area contributed by atoms with Crippen LogP contribution in [0.15, 0.2) is 48.5 Å². The van der Waals surface area contributed by atoms with Crippen molar-refractivity contribution < 1.29 is 13.9 Å². The van der Waals surface area contributed by atoms with E-state index in [1.54, 1.807) is 19.2 Å². The molecule has 23 heavy (non-hydrogen) atoms. The average Bonchev–Trinajstić information content (AvgIpc) is 2.54. The van der Waals surface area contributed by atoms with Crippen molar-refractivity contribution in [2.45, 2.75) is 31.2 Å². The SMILES string of the molecule is COc1ccccc1C1(C(=O)NCc2ccc(F)cc2)CCC1. The van der Waals surface area contributed by atoms with Crippen molar-refractivity contribution in [1.82, 2.24) is 5.32 Å². The topological polar surface area (TPSA) is 38.3 Å². The maximum absolute atomic E-state index is 12.9. The van der Waals surface area contributed by atoms with Crippen molar-refractivity contribution in [3.63, 3.8) is 0 Å². The van der Waals surface area contributed by atoms with Gasteiger partial charge in [-0.2, -0.15) is 0 Å². The monoisotopic (exact) mass is 313 g/mol. The quantitative estimate of drug-likeness (QED) is 0.916. The maximum atomic E-state index is 12.9. The van der Waals surface area contributed by atoms with E-state index in [2.05, 4.69) is 5.32 Å². The van der Waals surface area contributed by atoms with Crippen molar-refractivity contribution in [2.24, 2.45) is 0 Å². The maximum Gasteiger partial charge on any atom is 0.231 e. The van der Waals surface area contributed by atoms with Crippen LogP contribution in [0, 0.1) is 5.82 Å². The van der Waals surface area contributed by atoms with Gasteiger partial charge in [-0.15, -0.1) is 0 Å². The van der Waals surface area contributed by atoms with E-state index in [1.165, 1.54) is 12.1 Å². The van der Waals surface area contributed by atoms with E-state index in [1.807, 2.05) is 24.3 Å². The van der Waals surface area contributed by atoms with E-state index in [0.29, 0.717) is 6.54 Å². The average molecular weight is 313 g/mol. The minimum Gasteiger partial charge on any atom is -0.496 e. The lowest BCUT2D eigenvalue weighted by atomic mass is 9.63. The first kappa shape index (κ1) is 15.5. The Kier molecular flexibility index (Phi) is 4.33. The molecule has 0 aromatic heterocycles. The molecule has 2 aromatic rings. The molecule has 0 heterocycles. The lowest BCUT2D eigenvalue weighted by Crippen LogP contribution is -2.49. The molecule has 1 fully saturated rings. The fourth-order valence-corrected chi connectivity index (χ4v) is 3.14. The van der Waals surface area contributed by atoms with Gasteiger partial charge in [0.15, 0.2) is 0 Å². The predicted molar refractivity (Wildman–Crippen MR) is 86.8 cm³/mol. The highest BCUT2D eigenvalue weighted by molar-refractivity contribution is 5.90. The summed E-state index contributed by atoms with van der Waals surface area (Å²) in [7, 11) is 1.63. The number of hydrogen-bond acceptors (Lipinski definition) is 2. The molecule has 0 spiro atoms. The molecular weight excluding hydrogens is 293 g/mol. The fourth-order valence-electron chi connectivity index (χ4n) is 3.14. The van der Waals surface area contributed by atoms with E-state index < -0.39 is 5.41 Å². The number of ether oxygens (including phenoxy) is 1. The van der Waals surface area contributed by atoms with Crippen molar-refractivity contribution in [3.05, 3.63) is 65.5 Å². The van der Waals surface area contributed by atoms with Crippen molar-refractivity contribution in [2.75, 3.05) is 7.11 Å². The second-order valence-electron chi connectivity index (χ2n) is 5.95. The molecule has 0 radical (unpaired) electrons. The lowest BCUT2D eigenvalue weighted by molar-refractivity contribution is -0.130. The molecule has 3 rings (SSSR count). The molecule has 1 aliphatic rings. The first-order valence-electron chi connectivity index (χ1n) is 7.82. The van der Waals surface area contributed by atoms with Gasteiger partial charge in [0.25, 0.3) is 0 Å². The number of rotatable bonds is 5. The number of nitrogens with one attached hydrogen (secondary N) is 1. The largest absolute Gasteiger partial charge is 0.496 e. The summed E-state index contributed by atoms with van der Waals surface area (Å²) in [4.78, 5) is 12.8. The molecule has 0 saturated heterocycles. The Morgan fingerprint density at radius 3 is 2.48 bits per heavy atom. The van der Waals surface area contributed by atoms with Gasteiger partial charge in [-0.25, -0.2) is 4.39 Å². The Labute approximate surface area is 135 Å². The molecule has 1 aliphatic carbocycles. The lowest BCUT2D eigenvalue weighted by Gasteiger charge is -2.41. The predicted octanol–water partition coefficient (Wildman–Crippen LogP) is 3.57. The summed E-state index contributed by atoms with van der Waals surface area (Å²) in [5.41, 5.74) is 1.33. The second kappa shape index (κ2) is 6.41. The summed E-state index contributed by atoms with van der Waals surface area (Å²) in [5.74, 6) is 0.492. The van der Waals surface area contributed by atoms with Crippen LogP contribution in [-0.2, 0) is 16.8 Å². The number of para-hydroxylation sites is 1. The third-order valence-electron chi connectivity index (χ3n) is 4.63. The van der Waals surface area contributed by atoms with Crippen LogP contribution in [0.1, 0.15) is 30.4 Å². The summed E-state index contributed by atoms with van der Waals surface area (Å²) in [6.45, 7) is 0.399. The molecule has 0 atom stereocenters. The number of methoxy groups -OCH3 is 1. The normalized spacial score (nSPS) is 15.6. The van der Waals surface area contributed by atoms with Crippen molar-refractivity contribution in [1.29, 1.82) is 0 Å².